The molecule has 0 saturated heterocycles. The Bertz CT molecular complexity index is 1520. The van der Waals surface area contributed by atoms with E-state index in [1.165, 1.54) is 47.4 Å². The molecule has 2 heterocycles. The van der Waals surface area contributed by atoms with Gasteiger partial charge in [-0.15, -0.1) is 11.3 Å². The number of hydrogen-bond donors (Lipinski definition) is 0. The largest absolute Gasteiger partial charge is 0.270 e. The predicted molar refractivity (Wildman–Crippen MR) is 127 cm³/mol. The van der Waals surface area contributed by atoms with Crippen molar-refractivity contribution in [2.24, 2.45) is 0 Å². The zero-order valence-corrected chi connectivity index (χ0v) is 18.7. The first-order valence-electron chi connectivity index (χ1n) is 9.76. The highest BCUT2D eigenvalue weighted by atomic mass is 32.2. The highest BCUT2D eigenvalue weighted by Crippen LogP contribution is 2.36. The van der Waals surface area contributed by atoms with Crippen LogP contribution in [-0.4, -0.2) is 26.6 Å². The molecule has 12 heteroatoms. The van der Waals surface area contributed by atoms with E-state index in [9.17, 15) is 29.8 Å². The molecule has 0 atom stereocenters. The Morgan fingerprint density at radius 1 is 0.853 bits per heavy atom. The van der Waals surface area contributed by atoms with Crippen LogP contribution < -0.4 is 4.90 Å². The Kier molecular flexibility index (Phi) is 5.30. The summed E-state index contributed by atoms with van der Waals surface area (Å²) >= 11 is 2.87. The van der Waals surface area contributed by atoms with Crippen molar-refractivity contribution in [1.82, 2.24) is 4.98 Å². The van der Waals surface area contributed by atoms with Gasteiger partial charge in [0, 0.05) is 30.0 Å². The van der Waals surface area contributed by atoms with Gasteiger partial charge in [0.15, 0.2) is 4.34 Å². The number of nitro groups is 2. The molecule has 0 fully saturated rings. The van der Waals surface area contributed by atoms with Gasteiger partial charge in [0.2, 0.25) is 0 Å². The van der Waals surface area contributed by atoms with Gasteiger partial charge in [0.1, 0.15) is 0 Å². The normalized spacial score (nSPS) is 12.9. The van der Waals surface area contributed by atoms with Crippen LogP contribution in [0.4, 0.5) is 17.1 Å². The SMILES string of the molecule is O=C1c2ccc([N+](=O)[O-])cc2C(=O)N1c1ccc2nc(SCc3ccc([N+](=O)[O-])cc3)sc2c1. The molecule has 5 rings (SSSR count). The van der Waals surface area contributed by atoms with Crippen molar-refractivity contribution in [3.63, 3.8) is 0 Å². The van der Waals surface area contributed by atoms with Gasteiger partial charge in [-0.25, -0.2) is 9.88 Å². The highest BCUT2D eigenvalue weighted by molar-refractivity contribution is 8.00. The fourth-order valence-corrected chi connectivity index (χ4v) is 5.59. The molecular weight excluding hydrogens is 480 g/mol. The monoisotopic (exact) mass is 492 g/mol. The molecule has 0 radical (unpaired) electrons. The van der Waals surface area contributed by atoms with Crippen molar-refractivity contribution >= 4 is 62.2 Å². The van der Waals surface area contributed by atoms with Gasteiger partial charge in [-0.05, 0) is 29.8 Å². The molecule has 34 heavy (non-hydrogen) atoms. The van der Waals surface area contributed by atoms with Crippen LogP contribution in [-0.2, 0) is 5.75 Å². The van der Waals surface area contributed by atoms with Gasteiger partial charge >= 0.3 is 0 Å². The number of amides is 2. The van der Waals surface area contributed by atoms with Crippen LogP contribution in [0.3, 0.4) is 0 Å². The number of anilines is 1. The smallest absolute Gasteiger partial charge is 0.268 e. The summed E-state index contributed by atoms with van der Waals surface area (Å²) in [6.07, 6.45) is 0. The van der Waals surface area contributed by atoms with Gasteiger partial charge < -0.3 is 0 Å². The number of carbonyl (C=O) groups excluding carboxylic acids is 2. The van der Waals surface area contributed by atoms with E-state index in [0.717, 1.165) is 25.6 Å². The van der Waals surface area contributed by atoms with Gasteiger partial charge in [-0.3, -0.25) is 29.8 Å². The Balaban J connectivity index is 1.37. The Morgan fingerprint density at radius 2 is 1.53 bits per heavy atom. The number of non-ortho nitro benzene ring substituents is 2. The quantitative estimate of drug-likeness (QED) is 0.155. The molecule has 10 nitrogen and oxygen atoms in total. The van der Waals surface area contributed by atoms with E-state index in [1.54, 1.807) is 30.3 Å². The highest BCUT2D eigenvalue weighted by Gasteiger charge is 2.38. The first-order chi connectivity index (χ1) is 16.3. The summed E-state index contributed by atoms with van der Waals surface area (Å²) in [4.78, 5) is 52.0. The Hall–Kier alpha value is -4.16. The minimum Gasteiger partial charge on any atom is -0.268 e. The molecule has 0 saturated carbocycles. The van der Waals surface area contributed by atoms with Crippen LogP contribution in [0.15, 0.2) is 65.0 Å². The molecule has 1 aliphatic rings. The average Bonchev–Trinajstić information content (AvgIpc) is 3.35. The number of aromatic nitrogens is 1. The Morgan fingerprint density at radius 3 is 2.24 bits per heavy atom. The Labute approximate surface area is 199 Å². The third-order valence-electron chi connectivity index (χ3n) is 5.20. The average molecular weight is 492 g/mol. The van der Waals surface area contributed by atoms with Crippen molar-refractivity contribution < 1.29 is 19.4 Å². The van der Waals surface area contributed by atoms with E-state index in [4.69, 9.17) is 0 Å². The van der Waals surface area contributed by atoms with Crippen LogP contribution >= 0.6 is 23.1 Å². The molecule has 2 amide bonds. The van der Waals surface area contributed by atoms with E-state index < -0.39 is 21.7 Å². The van der Waals surface area contributed by atoms with Crippen LogP contribution in [0.5, 0.6) is 0 Å². The number of carbonyl (C=O) groups is 2. The van der Waals surface area contributed by atoms with Crippen molar-refractivity contribution in [2.45, 2.75) is 10.1 Å². The summed E-state index contributed by atoms with van der Waals surface area (Å²) < 4.78 is 1.54. The van der Waals surface area contributed by atoms with E-state index in [-0.39, 0.29) is 22.5 Å². The van der Waals surface area contributed by atoms with Gasteiger partial charge in [-0.1, -0.05) is 23.9 Å². The molecule has 1 aromatic heterocycles. The van der Waals surface area contributed by atoms with Crippen molar-refractivity contribution in [1.29, 1.82) is 0 Å². The molecule has 3 aromatic carbocycles. The second-order valence-corrected chi connectivity index (χ2v) is 9.53. The molecule has 0 bridgehead atoms. The molecular formula is C22H12N4O6S2. The number of thiazole rings is 1. The lowest BCUT2D eigenvalue weighted by atomic mass is 10.1. The summed E-state index contributed by atoms with van der Waals surface area (Å²) in [7, 11) is 0. The molecule has 1 aliphatic heterocycles. The van der Waals surface area contributed by atoms with E-state index in [0.29, 0.717) is 17.0 Å². The molecule has 168 valence electrons. The molecule has 0 N–H and O–H groups in total. The first kappa shape index (κ1) is 21.7. The number of nitrogens with zero attached hydrogens (tertiary/aromatic N) is 4. The maximum atomic E-state index is 12.9. The minimum absolute atomic E-state index is 0.00273. The zero-order chi connectivity index (χ0) is 24.0. The number of rotatable bonds is 6. The molecule has 0 unspecified atom stereocenters. The fraction of sp³-hybridized carbons (Fsp3) is 0.0455. The molecule has 4 aromatic rings. The number of nitro benzene ring substituents is 2. The van der Waals surface area contributed by atoms with Crippen LogP contribution in [0.25, 0.3) is 10.2 Å². The van der Waals surface area contributed by atoms with Crippen molar-refractivity contribution in [3.8, 4) is 0 Å². The van der Waals surface area contributed by atoms with Crippen molar-refractivity contribution in [2.75, 3.05) is 4.90 Å². The van der Waals surface area contributed by atoms with E-state index >= 15 is 0 Å². The number of hydrogen-bond acceptors (Lipinski definition) is 9. The topological polar surface area (TPSA) is 137 Å². The standard InChI is InChI=1S/C22H12N4O6S2/c27-20-16-7-5-15(26(31)32)9-17(16)21(28)24(20)14-6-8-18-19(10-14)34-22(23-18)33-11-12-1-3-13(4-2-12)25(29)30/h1-10H,11H2. The summed E-state index contributed by atoms with van der Waals surface area (Å²) in [6.45, 7) is 0. The van der Waals surface area contributed by atoms with Gasteiger partial charge in [0.05, 0.1) is 36.9 Å². The molecule has 0 aliphatic carbocycles. The predicted octanol–water partition coefficient (Wildman–Crippen LogP) is 5.21. The summed E-state index contributed by atoms with van der Waals surface area (Å²) in [5, 5.41) is 21.8. The van der Waals surface area contributed by atoms with Gasteiger partial charge in [0.25, 0.3) is 23.2 Å². The maximum absolute atomic E-state index is 12.9. The first-order valence-corrected chi connectivity index (χ1v) is 11.6. The number of imide groups is 1. The molecule has 0 spiro atoms. The van der Waals surface area contributed by atoms with E-state index in [1.807, 2.05) is 0 Å². The van der Waals surface area contributed by atoms with Crippen LogP contribution in [0, 0.1) is 20.2 Å². The van der Waals surface area contributed by atoms with E-state index in [2.05, 4.69) is 4.98 Å². The third kappa shape index (κ3) is 3.78. The van der Waals surface area contributed by atoms with Crippen LogP contribution in [0.1, 0.15) is 26.3 Å². The van der Waals surface area contributed by atoms with Crippen molar-refractivity contribution in [3.05, 3.63) is 97.6 Å². The fourth-order valence-electron chi connectivity index (χ4n) is 3.53. The number of thioether (sulfide) groups is 1. The maximum Gasteiger partial charge on any atom is 0.270 e. The lowest BCUT2D eigenvalue weighted by Gasteiger charge is -2.13. The summed E-state index contributed by atoms with van der Waals surface area (Å²) in [6, 6.07) is 14.9. The third-order valence-corrected chi connectivity index (χ3v) is 7.43. The summed E-state index contributed by atoms with van der Waals surface area (Å²) in [5.41, 5.74) is 1.88. The van der Waals surface area contributed by atoms with Crippen LogP contribution in [0.2, 0.25) is 0 Å². The van der Waals surface area contributed by atoms with Gasteiger partial charge in [-0.2, -0.15) is 0 Å². The summed E-state index contributed by atoms with van der Waals surface area (Å²) in [5.74, 6) is -0.575. The zero-order valence-electron chi connectivity index (χ0n) is 17.0. The second kappa shape index (κ2) is 8.32. The number of benzene rings is 3. The number of fused-ring (bicyclic) bond motifs is 2. The lowest BCUT2D eigenvalue weighted by molar-refractivity contribution is -0.385. The minimum atomic E-state index is -0.611. The second-order valence-electron chi connectivity index (χ2n) is 7.28. The lowest BCUT2D eigenvalue weighted by Crippen LogP contribution is -2.29.